The quantitative estimate of drug-likeness (QED) is 0.647. The third kappa shape index (κ3) is 1.78. The molecule has 2 aromatic rings. The molecule has 6 heteroatoms. The highest BCUT2D eigenvalue weighted by Crippen LogP contribution is 2.40. The van der Waals surface area contributed by atoms with E-state index in [4.69, 9.17) is 0 Å². The average Bonchev–Trinajstić information content (AvgIpc) is 2.61. The number of imide groups is 1. The van der Waals surface area contributed by atoms with E-state index in [1.54, 1.807) is 24.3 Å². The van der Waals surface area contributed by atoms with Crippen molar-refractivity contribution in [3.8, 4) is 0 Å². The van der Waals surface area contributed by atoms with E-state index in [2.05, 4.69) is 0 Å². The second-order valence-electron chi connectivity index (χ2n) is 8.22. The van der Waals surface area contributed by atoms with Crippen molar-refractivity contribution in [1.29, 1.82) is 0 Å². The van der Waals surface area contributed by atoms with Crippen molar-refractivity contribution in [1.82, 2.24) is 4.90 Å². The van der Waals surface area contributed by atoms with Gasteiger partial charge in [0.1, 0.15) is 0 Å². The van der Waals surface area contributed by atoms with Crippen molar-refractivity contribution in [2.24, 2.45) is 0 Å². The van der Waals surface area contributed by atoms with Gasteiger partial charge in [-0.2, -0.15) is 0 Å². The van der Waals surface area contributed by atoms with Crippen LogP contribution in [0.5, 0.6) is 0 Å². The van der Waals surface area contributed by atoms with Crippen LogP contribution in [0.2, 0.25) is 0 Å². The van der Waals surface area contributed by atoms with Gasteiger partial charge in [0.05, 0.1) is 11.1 Å². The molecule has 28 heavy (non-hydrogen) atoms. The third-order valence-electron chi connectivity index (χ3n) is 6.86. The Kier molecular flexibility index (Phi) is 3.01. The standard InChI is InChI=1S/C22H18N2O4/c25-19-13-7-9-15-18-16(22(28)24(21(15)27)12-5-2-6-12)10-8-14(17(13)18)20(26)23(19)11-3-1-4-11/h7-12H,1-6H2/p+1. The summed E-state index contributed by atoms with van der Waals surface area (Å²) in [5, 5.41) is 11.9. The maximum absolute atomic E-state index is 13.1. The molecule has 2 fully saturated rings. The van der Waals surface area contributed by atoms with Crippen molar-refractivity contribution in [3.63, 3.8) is 0 Å². The third-order valence-corrected chi connectivity index (χ3v) is 6.86. The Bertz CT molecular complexity index is 1130. The molecule has 4 aliphatic rings. The summed E-state index contributed by atoms with van der Waals surface area (Å²) in [7, 11) is 0. The van der Waals surface area contributed by atoms with Crippen LogP contribution in [-0.4, -0.2) is 50.3 Å². The molecule has 0 spiro atoms. The number of amides is 3. The number of carbonyl (C=O) groups is 3. The number of carbonyl (C=O) groups excluding carboxylic acids is 3. The summed E-state index contributed by atoms with van der Waals surface area (Å²) in [6.07, 6.45) is 5.50. The molecular formula is C22H19N2O4+. The van der Waals surface area contributed by atoms with Crippen LogP contribution in [0, 0.1) is 0 Å². The molecule has 0 aromatic heterocycles. The van der Waals surface area contributed by atoms with Crippen LogP contribution >= 0.6 is 0 Å². The van der Waals surface area contributed by atoms with Crippen LogP contribution < -0.4 is 0 Å². The minimum Gasteiger partial charge on any atom is -0.459 e. The largest absolute Gasteiger partial charge is 0.459 e. The van der Waals surface area contributed by atoms with E-state index in [0.29, 0.717) is 33.0 Å². The SMILES string of the molecule is O=C1c2ccc3c4c(ccc(c24)C(=O)N1C1CCC1)C(O)=[N+](C1CCC1)C3=O. The predicted octanol–water partition coefficient (Wildman–Crippen LogP) is 3.01. The molecule has 2 aromatic carbocycles. The molecule has 6 rings (SSSR count). The summed E-state index contributed by atoms with van der Waals surface area (Å²) in [6, 6.07) is 6.73. The molecule has 2 heterocycles. The van der Waals surface area contributed by atoms with Crippen LogP contribution in [0.25, 0.3) is 10.8 Å². The van der Waals surface area contributed by atoms with Gasteiger partial charge in [0.15, 0.2) is 6.04 Å². The fourth-order valence-electron chi connectivity index (χ4n) is 4.88. The summed E-state index contributed by atoms with van der Waals surface area (Å²) in [4.78, 5) is 40.7. The molecule has 2 aliphatic heterocycles. The molecule has 0 saturated heterocycles. The van der Waals surface area contributed by atoms with Crippen LogP contribution in [0.4, 0.5) is 0 Å². The average molecular weight is 375 g/mol. The summed E-state index contributed by atoms with van der Waals surface area (Å²) >= 11 is 0. The molecule has 140 valence electrons. The van der Waals surface area contributed by atoms with Crippen molar-refractivity contribution in [3.05, 3.63) is 46.5 Å². The number of benzene rings is 2. The van der Waals surface area contributed by atoms with Crippen molar-refractivity contribution >= 4 is 34.4 Å². The van der Waals surface area contributed by atoms with Gasteiger partial charge in [-0.3, -0.25) is 14.5 Å². The number of hydrogen-bond acceptors (Lipinski definition) is 3. The van der Waals surface area contributed by atoms with Gasteiger partial charge >= 0.3 is 11.8 Å². The van der Waals surface area contributed by atoms with Gasteiger partial charge in [-0.25, -0.2) is 4.79 Å². The second kappa shape index (κ2) is 5.28. The zero-order valence-corrected chi connectivity index (χ0v) is 15.3. The van der Waals surface area contributed by atoms with E-state index in [0.717, 1.165) is 38.5 Å². The highest BCUT2D eigenvalue weighted by atomic mass is 16.3. The highest BCUT2D eigenvalue weighted by molar-refractivity contribution is 6.30. The van der Waals surface area contributed by atoms with E-state index in [-0.39, 0.29) is 35.7 Å². The molecule has 2 saturated carbocycles. The lowest BCUT2D eigenvalue weighted by Gasteiger charge is -2.38. The van der Waals surface area contributed by atoms with E-state index in [1.165, 1.54) is 9.48 Å². The Morgan fingerprint density at radius 3 is 1.86 bits per heavy atom. The van der Waals surface area contributed by atoms with E-state index in [1.807, 2.05) is 0 Å². The maximum atomic E-state index is 13.1. The summed E-state index contributed by atoms with van der Waals surface area (Å²) in [6.45, 7) is 0. The van der Waals surface area contributed by atoms with E-state index < -0.39 is 0 Å². The number of aliphatic hydroxyl groups excluding tert-OH is 1. The summed E-state index contributed by atoms with van der Waals surface area (Å²) in [5.41, 5.74) is 1.87. The van der Waals surface area contributed by atoms with E-state index >= 15 is 0 Å². The summed E-state index contributed by atoms with van der Waals surface area (Å²) < 4.78 is 1.48. The van der Waals surface area contributed by atoms with Crippen LogP contribution in [0.1, 0.15) is 75.2 Å². The van der Waals surface area contributed by atoms with E-state index in [9.17, 15) is 19.5 Å². The zero-order chi connectivity index (χ0) is 19.2. The van der Waals surface area contributed by atoms with Gasteiger partial charge in [0, 0.05) is 40.8 Å². The lowest BCUT2D eigenvalue weighted by molar-refractivity contribution is -0.494. The lowest BCUT2D eigenvalue weighted by atomic mass is 9.83. The Morgan fingerprint density at radius 2 is 1.32 bits per heavy atom. The first-order valence-electron chi connectivity index (χ1n) is 9.95. The Labute approximate surface area is 161 Å². The molecule has 1 N–H and O–H groups in total. The minimum absolute atomic E-state index is 0.0142. The van der Waals surface area contributed by atoms with Gasteiger partial charge in [-0.05, 0) is 49.9 Å². The number of aliphatic hydroxyl groups is 1. The molecule has 0 atom stereocenters. The fraction of sp³-hybridized carbons (Fsp3) is 0.364. The first kappa shape index (κ1) is 16.0. The van der Waals surface area contributed by atoms with Crippen LogP contribution in [0.3, 0.4) is 0 Å². The number of hydrogen-bond donors (Lipinski definition) is 1. The molecule has 6 nitrogen and oxygen atoms in total. The molecule has 3 amide bonds. The Hall–Kier alpha value is -3.02. The minimum atomic E-state index is -0.292. The van der Waals surface area contributed by atoms with Crippen molar-refractivity contribution < 1.29 is 24.1 Å². The van der Waals surface area contributed by atoms with Gasteiger partial charge in [0.2, 0.25) is 0 Å². The first-order chi connectivity index (χ1) is 13.6. The topological polar surface area (TPSA) is 77.7 Å². The number of rotatable bonds is 2. The van der Waals surface area contributed by atoms with Crippen LogP contribution in [-0.2, 0) is 0 Å². The zero-order valence-electron chi connectivity index (χ0n) is 15.3. The maximum Gasteiger partial charge on any atom is 0.423 e. The Morgan fingerprint density at radius 1 is 0.786 bits per heavy atom. The lowest BCUT2D eigenvalue weighted by Crippen LogP contribution is -2.50. The smallest absolute Gasteiger partial charge is 0.423 e. The number of nitrogens with zero attached hydrogens (tertiary/aromatic N) is 2. The molecule has 2 aliphatic carbocycles. The molecule has 0 bridgehead atoms. The Balaban J connectivity index is 1.63. The first-order valence-corrected chi connectivity index (χ1v) is 9.95. The molecule has 0 unspecified atom stereocenters. The highest BCUT2D eigenvalue weighted by Gasteiger charge is 2.46. The van der Waals surface area contributed by atoms with Gasteiger partial charge < -0.3 is 5.11 Å². The fourth-order valence-corrected chi connectivity index (χ4v) is 4.88. The summed E-state index contributed by atoms with van der Waals surface area (Å²) in [5.74, 6) is -0.898. The molecule has 0 radical (unpaired) electrons. The monoisotopic (exact) mass is 375 g/mol. The van der Waals surface area contributed by atoms with Gasteiger partial charge in [-0.15, -0.1) is 4.58 Å². The van der Waals surface area contributed by atoms with Crippen molar-refractivity contribution in [2.75, 3.05) is 0 Å². The van der Waals surface area contributed by atoms with Crippen molar-refractivity contribution in [2.45, 2.75) is 50.6 Å². The van der Waals surface area contributed by atoms with Gasteiger partial charge in [-0.1, -0.05) is 0 Å². The predicted molar refractivity (Wildman–Crippen MR) is 101 cm³/mol. The molecular weight excluding hydrogens is 356 g/mol. The normalized spacial score (nSPS) is 22.0. The van der Waals surface area contributed by atoms with Crippen LogP contribution in [0.15, 0.2) is 24.3 Å². The van der Waals surface area contributed by atoms with Gasteiger partial charge in [0.25, 0.3) is 11.8 Å². The second-order valence-corrected chi connectivity index (χ2v) is 8.22.